The van der Waals surface area contributed by atoms with Gasteiger partial charge in [-0.2, -0.15) is 5.10 Å². The number of hydrogen-bond acceptors (Lipinski definition) is 5. The molecule has 1 aliphatic rings. The maximum absolute atomic E-state index is 5.43. The van der Waals surface area contributed by atoms with Crippen LogP contribution in [0, 0.1) is 6.92 Å². The topological polar surface area (TPSA) is 74.3 Å². The van der Waals surface area contributed by atoms with Gasteiger partial charge < -0.3 is 10.1 Å². The molecule has 0 fully saturated rings. The van der Waals surface area contributed by atoms with Crippen molar-refractivity contribution >= 4 is 11.7 Å². The Hall–Kier alpha value is -1.72. The molecule has 6 heteroatoms. The van der Waals surface area contributed by atoms with Gasteiger partial charge in [0.2, 0.25) is 0 Å². The van der Waals surface area contributed by atoms with E-state index in [1.54, 1.807) is 0 Å². The van der Waals surface area contributed by atoms with Gasteiger partial charge in [0.15, 0.2) is 12.0 Å². The third-order valence-electron chi connectivity index (χ3n) is 2.10. The molecule has 0 radical (unpaired) electrons. The molecule has 1 aliphatic heterocycles. The summed E-state index contributed by atoms with van der Waals surface area (Å²) in [6.07, 6.45) is -0.0780. The highest BCUT2D eigenvalue weighted by Gasteiger charge is 2.21. The molecule has 0 bridgehead atoms. The van der Waals surface area contributed by atoms with E-state index < -0.39 is 0 Å². The van der Waals surface area contributed by atoms with Crippen LogP contribution in [0.4, 0.5) is 5.82 Å². The predicted molar refractivity (Wildman–Crippen MR) is 53.1 cm³/mol. The van der Waals surface area contributed by atoms with Crippen molar-refractivity contribution in [2.24, 2.45) is 5.10 Å². The molecule has 0 spiro atoms. The van der Waals surface area contributed by atoms with Crippen LogP contribution >= 0.6 is 0 Å². The van der Waals surface area contributed by atoms with E-state index >= 15 is 0 Å². The molecule has 2 heterocycles. The second-order valence-electron chi connectivity index (χ2n) is 3.13. The van der Waals surface area contributed by atoms with Gasteiger partial charge in [-0.1, -0.05) is 0 Å². The molecule has 0 aromatic carbocycles. The van der Waals surface area contributed by atoms with Crippen molar-refractivity contribution in [1.29, 1.82) is 0 Å². The van der Waals surface area contributed by atoms with Gasteiger partial charge in [-0.05, 0) is 13.8 Å². The van der Waals surface area contributed by atoms with Crippen LogP contribution in [0.2, 0.25) is 0 Å². The highest BCUT2D eigenvalue weighted by Crippen LogP contribution is 2.17. The van der Waals surface area contributed by atoms with Crippen LogP contribution in [0.1, 0.15) is 18.2 Å². The first-order chi connectivity index (χ1) is 6.72. The van der Waals surface area contributed by atoms with Crippen molar-refractivity contribution in [2.45, 2.75) is 20.1 Å². The van der Waals surface area contributed by atoms with Crippen molar-refractivity contribution in [3.8, 4) is 0 Å². The quantitative estimate of drug-likeness (QED) is 0.638. The molecule has 0 amide bonds. The van der Waals surface area contributed by atoms with Crippen molar-refractivity contribution in [3.63, 3.8) is 0 Å². The number of hydrazone groups is 1. The van der Waals surface area contributed by atoms with Gasteiger partial charge in [0.05, 0.1) is 0 Å². The van der Waals surface area contributed by atoms with E-state index in [0.717, 1.165) is 17.1 Å². The van der Waals surface area contributed by atoms with Crippen LogP contribution in [-0.4, -0.2) is 29.4 Å². The Morgan fingerprint density at radius 3 is 2.79 bits per heavy atom. The highest BCUT2D eigenvalue weighted by atomic mass is 16.5. The molecule has 6 nitrogen and oxygen atoms in total. The van der Waals surface area contributed by atoms with E-state index in [-0.39, 0.29) is 6.23 Å². The summed E-state index contributed by atoms with van der Waals surface area (Å²) in [5.41, 5.74) is 4.63. The number of nitrogens with one attached hydrogen (secondary N) is 3. The molecular formula is C8H13N5O. The van der Waals surface area contributed by atoms with E-state index in [4.69, 9.17) is 4.74 Å². The third kappa shape index (κ3) is 1.28. The van der Waals surface area contributed by atoms with Gasteiger partial charge in [0.25, 0.3) is 5.90 Å². The first-order valence-corrected chi connectivity index (χ1v) is 4.45. The zero-order valence-electron chi connectivity index (χ0n) is 8.38. The zero-order chi connectivity index (χ0) is 10.1. The minimum Gasteiger partial charge on any atom is -0.450 e. The molecule has 1 aromatic heterocycles. The molecule has 0 saturated heterocycles. The van der Waals surface area contributed by atoms with E-state index in [1.807, 2.05) is 20.9 Å². The lowest BCUT2D eigenvalue weighted by molar-refractivity contribution is 0.208. The Morgan fingerprint density at radius 2 is 2.29 bits per heavy atom. The minimum absolute atomic E-state index is 0.0780. The minimum atomic E-state index is -0.0780. The summed E-state index contributed by atoms with van der Waals surface area (Å²) in [5, 5.41) is 14.0. The fourth-order valence-electron chi connectivity index (χ4n) is 1.33. The molecule has 76 valence electrons. The Balaban J connectivity index is 2.29. The average molecular weight is 195 g/mol. The Morgan fingerprint density at radius 1 is 1.50 bits per heavy atom. The third-order valence-corrected chi connectivity index (χ3v) is 2.10. The molecule has 2 rings (SSSR count). The standard InChI is InChI=1S/C8H13N5O/c1-4-6(11-12-7(4)9-3)8-13-10-5(2)14-8/h5,10H,1-3H3,(H2,9,11,12). The van der Waals surface area contributed by atoms with Gasteiger partial charge in [-0.25, -0.2) is 0 Å². The van der Waals surface area contributed by atoms with Crippen LogP contribution in [0.5, 0.6) is 0 Å². The van der Waals surface area contributed by atoms with Crippen molar-refractivity contribution in [2.75, 3.05) is 12.4 Å². The summed E-state index contributed by atoms with van der Waals surface area (Å²) in [6, 6.07) is 0. The number of rotatable bonds is 2. The second-order valence-corrected chi connectivity index (χ2v) is 3.13. The molecule has 14 heavy (non-hydrogen) atoms. The Kier molecular flexibility index (Phi) is 2.03. The molecule has 0 aliphatic carbocycles. The van der Waals surface area contributed by atoms with Crippen LogP contribution in [0.25, 0.3) is 0 Å². The van der Waals surface area contributed by atoms with Gasteiger partial charge in [-0.3, -0.25) is 10.5 Å². The molecule has 1 atom stereocenters. The SMILES string of the molecule is CNc1n[nH]c(C2=NNC(C)O2)c1C. The number of ether oxygens (including phenoxy) is 1. The van der Waals surface area contributed by atoms with Crippen LogP contribution in [0.15, 0.2) is 5.10 Å². The zero-order valence-corrected chi connectivity index (χ0v) is 8.38. The molecule has 1 aromatic rings. The monoisotopic (exact) mass is 195 g/mol. The summed E-state index contributed by atoms with van der Waals surface area (Å²) < 4.78 is 5.43. The average Bonchev–Trinajstić information content (AvgIpc) is 2.72. The van der Waals surface area contributed by atoms with E-state index in [1.165, 1.54) is 0 Å². The fraction of sp³-hybridized carbons (Fsp3) is 0.500. The second kappa shape index (κ2) is 3.21. The lowest BCUT2D eigenvalue weighted by Gasteiger charge is -2.03. The summed E-state index contributed by atoms with van der Waals surface area (Å²) in [7, 11) is 1.82. The normalized spacial score (nSPS) is 19.9. The highest BCUT2D eigenvalue weighted by molar-refractivity contribution is 5.95. The van der Waals surface area contributed by atoms with Crippen molar-refractivity contribution in [3.05, 3.63) is 11.3 Å². The van der Waals surface area contributed by atoms with E-state index in [0.29, 0.717) is 5.90 Å². The van der Waals surface area contributed by atoms with Gasteiger partial charge in [-0.15, -0.1) is 5.10 Å². The number of H-pyrrole nitrogens is 1. The molecule has 0 saturated carbocycles. The smallest absolute Gasteiger partial charge is 0.258 e. The summed E-state index contributed by atoms with van der Waals surface area (Å²) in [5.74, 6) is 1.37. The van der Waals surface area contributed by atoms with Crippen molar-refractivity contribution < 1.29 is 4.74 Å². The largest absolute Gasteiger partial charge is 0.450 e. The van der Waals surface area contributed by atoms with Crippen LogP contribution in [0.3, 0.4) is 0 Å². The maximum Gasteiger partial charge on any atom is 0.258 e. The Bertz CT molecular complexity index is 370. The first kappa shape index (κ1) is 8.86. The van der Waals surface area contributed by atoms with Gasteiger partial charge in [0.1, 0.15) is 5.69 Å². The summed E-state index contributed by atoms with van der Waals surface area (Å²) in [6.45, 7) is 3.85. The van der Waals surface area contributed by atoms with E-state index in [9.17, 15) is 0 Å². The predicted octanol–water partition coefficient (Wildman–Crippen LogP) is 0.387. The van der Waals surface area contributed by atoms with Crippen LogP contribution < -0.4 is 10.7 Å². The Labute approximate surface area is 81.7 Å². The van der Waals surface area contributed by atoms with Gasteiger partial charge in [0, 0.05) is 12.6 Å². The first-order valence-electron chi connectivity index (χ1n) is 4.45. The lowest BCUT2D eigenvalue weighted by Crippen LogP contribution is -2.16. The molecular weight excluding hydrogens is 182 g/mol. The summed E-state index contributed by atoms with van der Waals surface area (Å²) >= 11 is 0. The number of aromatic nitrogens is 2. The fourth-order valence-corrected chi connectivity index (χ4v) is 1.33. The van der Waals surface area contributed by atoms with Crippen molar-refractivity contribution in [1.82, 2.24) is 15.6 Å². The molecule has 3 N–H and O–H groups in total. The number of nitrogens with zero attached hydrogens (tertiary/aromatic N) is 2. The maximum atomic E-state index is 5.43. The molecule has 1 unspecified atom stereocenters. The lowest BCUT2D eigenvalue weighted by atomic mass is 10.2. The number of anilines is 1. The van der Waals surface area contributed by atoms with Crippen LogP contribution in [-0.2, 0) is 4.74 Å². The summed E-state index contributed by atoms with van der Waals surface area (Å²) in [4.78, 5) is 0. The van der Waals surface area contributed by atoms with Gasteiger partial charge >= 0.3 is 0 Å². The van der Waals surface area contributed by atoms with E-state index in [2.05, 4.69) is 26.0 Å². The number of aromatic amines is 1. The number of hydrogen-bond donors (Lipinski definition) is 3.